The van der Waals surface area contributed by atoms with Gasteiger partial charge in [0.15, 0.2) is 0 Å². The Kier molecular flexibility index (Phi) is 3.04. The predicted octanol–water partition coefficient (Wildman–Crippen LogP) is -0.968. The van der Waals surface area contributed by atoms with Crippen LogP contribution in [0.5, 0.6) is 0 Å². The van der Waals surface area contributed by atoms with Crippen molar-refractivity contribution in [3.63, 3.8) is 0 Å². The minimum atomic E-state index is -2.61. The predicted molar refractivity (Wildman–Crippen MR) is 22.9 cm³/mol. The maximum Gasteiger partial charge on any atom is 0.540 e. The average molecular weight is 125 g/mol. The van der Waals surface area contributed by atoms with E-state index in [0.717, 1.165) is 0 Å². The van der Waals surface area contributed by atoms with Crippen molar-refractivity contribution in [2.24, 2.45) is 0 Å². The second-order valence-corrected chi connectivity index (χ2v) is 2.17. The molecule has 0 aliphatic carbocycles. The fraction of sp³-hybridized carbons (Fsp3) is 1.00. The summed E-state index contributed by atoms with van der Waals surface area (Å²) in [6.07, 6.45) is 0. The third-order valence-corrected chi connectivity index (χ3v) is 1.09. The van der Waals surface area contributed by atoms with E-state index in [9.17, 15) is 4.57 Å². The standard InChI is InChI=1S/C2H5O4P/c3-1-2(4)7(5)6/h2-4H,1H2/p+1. The van der Waals surface area contributed by atoms with Crippen LogP contribution in [0, 0.1) is 0 Å². The van der Waals surface area contributed by atoms with Gasteiger partial charge in [-0.05, 0) is 4.57 Å². The van der Waals surface area contributed by atoms with Gasteiger partial charge in [-0.2, -0.15) is 4.89 Å². The summed E-state index contributed by atoms with van der Waals surface area (Å²) in [5.41, 5.74) is 0. The lowest BCUT2D eigenvalue weighted by Gasteiger charge is -1.83. The van der Waals surface area contributed by atoms with Crippen LogP contribution in [-0.4, -0.2) is 27.6 Å². The third kappa shape index (κ3) is 2.65. The van der Waals surface area contributed by atoms with Crippen LogP contribution < -0.4 is 0 Å². The van der Waals surface area contributed by atoms with E-state index in [1.54, 1.807) is 0 Å². The molecular formula is C2H6O4P+. The molecule has 0 aliphatic rings. The van der Waals surface area contributed by atoms with Crippen LogP contribution in [0.4, 0.5) is 0 Å². The van der Waals surface area contributed by atoms with Crippen LogP contribution in [0.3, 0.4) is 0 Å². The van der Waals surface area contributed by atoms with Crippen molar-refractivity contribution in [1.29, 1.82) is 0 Å². The van der Waals surface area contributed by atoms with Gasteiger partial charge in [-0.1, -0.05) is 0 Å². The highest BCUT2D eigenvalue weighted by Crippen LogP contribution is 2.17. The maximum absolute atomic E-state index is 9.67. The summed E-state index contributed by atoms with van der Waals surface area (Å²) >= 11 is 0. The number of aliphatic hydroxyl groups excluding tert-OH is 2. The van der Waals surface area contributed by atoms with Gasteiger partial charge < -0.3 is 10.2 Å². The van der Waals surface area contributed by atoms with Crippen molar-refractivity contribution in [2.75, 3.05) is 6.61 Å². The zero-order valence-corrected chi connectivity index (χ0v) is 4.38. The van der Waals surface area contributed by atoms with Gasteiger partial charge in [0.25, 0.3) is 0 Å². The van der Waals surface area contributed by atoms with E-state index in [-0.39, 0.29) is 0 Å². The Morgan fingerprint density at radius 2 is 2.14 bits per heavy atom. The molecular weight excluding hydrogens is 119 g/mol. The van der Waals surface area contributed by atoms with Gasteiger partial charge in [0.2, 0.25) is 0 Å². The maximum atomic E-state index is 9.67. The molecule has 0 bridgehead atoms. The van der Waals surface area contributed by atoms with Gasteiger partial charge in [-0.15, -0.1) is 0 Å². The molecule has 0 fully saturated rings. The molecule has 0 heterocycles. The van der Waals surface area contributed by atoms with Crippen molar-refractivity contribution in [3.8, 4) is 0 Å². The largest absolute Gasteiger partial charge is 0.540 e. The van der Waals surface area contributed by atoms with Crippen molar-refractivity contribution in [2.45, 2.75) is 5.85 Å². The van der Waals surface area contributed by atoms with Crippen molar-refractivity contribution in [1.82, 2.24) is 0 Å². The van der Waals surface area contributed by atoms with Crippen molar-refractivity contribution in [3.05, 3.63) is 0 Å². The molecule has 0 aliphatic heterocycles. The summed E-state index contributed by atoms with van der Waals surface area (Å²) in [4.78, 5) is 7.92. The fourth-order valence-corrected chi connectivity index (χ4v) is 0.210. The first-order chi connectivity index (χ1) is 3.18. The van der Waals surface area contributed by atoms with Crippen molar-refractivity contribution < 1.29 is 19.7 Å². The van der Waals surface area contributed by atoms with Gasteiger partial charge in [-0.25, -0.2) is 0 Å². The third-order valence-electron chi connectivity index (χ3n) is 0.418. The van der Waals surface area contributed by atoms with E-state index in [4.69, 9.17) is 15.1 Å². The normalized spacial score (nSPS) is 16.1. The van der Waals surface area contributed by atoms with Crippen LogP contribution in [0.2, 0.25) is 0 Å². The fourth-order valence-electron chi connectivity index (χ4n) is 0.0698. The summed E-state index contributed by atoms with van der Waals surface area (Å²) in [6, 6.07) is 0. The van der Waals surface area contributed by atoms with E-state index in [1.807, 2.05) is 0 Å². The summed E-state index contributed by atoms with van der Waals surface area (Å²) in [7, 11) is -2.61. The molecule has 0 spiro atoms. The molecule has 2 atom stereocenters. The molecule has 0 saturated carbocycles. The summed E-state index contributed by atoms with van der Waals surface area (Å²) in [5.74, 6) is -1.48. The second kappa shape index (κ2) is 3.04. The molecule has 0 amide bonds. The van der Waals surface area contributed by atoms with Crippen LogP contribution in [0.15, 0.2) is 0 Å². The monoisotopic (exact) mass is 125 g/mol. The minimum absolute atomic E-state index is 0.661. The van der Waals surface area contributed by atoms with Gasteiger partial charge >= 0.3 is 13.9 Å². The van der Waals surface area contributed by atoms with E-state index in [0.29, 0.717) is 0 Å². The quantitative estimate of drug-likeness (QED) is 0.415. The van der Waals surface area contributed by atoms with Crippen LogP contribution in [-0.2, 0) is 4.57 Å². The Morgan fingerprint density at radius 3 is 2.14 bits per heavy atom. The van der Waals surface area contributed by atoms with Crippen LogP contribution >= 0.6 is 8.03 Å². The number of hydrogen-bond acceptors (Lipinski definition) is 3. The molecule has 2 unspecified atom stereocenters. The Bertz CT molecular complexity index is 72.1. The first-order valence-corrected chi connectivity index (χ1v) is 2.90. The SMILES string of the molecule is O=[P+](O)C(O)CO. The van der Waals surface area contributed by atoms with Gasteiger partial charge in [0, 0.05) is 0 Å². The Balaban J connectivity index is 3.34. The van der Waals surface area contributed by atoms with Crippen molar-refractivity contribution >= 4 is 8.03 Å². The second-order valence-electron chi connectivity index (χ2n) is 0.966. The zero-order chi connectivity index (χ0) is 5.86. The van der Waals surface area contributed by atoms with Crippen LogP contribution in [0.1, 0.15) is 0 Å². The lowest BCUT2D eigenvalue weighted by molar-refractivity contribution is 0.146. The lowest BCUT2D eigenvalue weighted by atomic mass is 10.8. The van der Waals surface area contributed by atoms with E-state index >= 15 is 0 Å². The van der Waals surface area contributed by atoms with E-state index in [2.05, 4.69) is 0 Å². The van der Waals surface area contributed by atoms with Crippen LogP contribution in [0.25, 0.3) is 0 Å². The smallest absolute Gasteiger partial charge is 0.389 e. The topological polar surface area (TPSA) is 77.8 Å². The zero-order valence-electron chi connectivity index (χ0n) is 3.48. The first kappa shape index (κ1) is 6.98. The molecule has 0 rings (SSSR count). The van der Waals surface area contributed by atoms with E-state index < -0.39 is 20.5 Å². The summed E-state index contributed by atoms with van der Waals surface area (Å²) in [5, 5.41) is 16.1. The highest BCUT2D eigenvalue weighted by molar-refractivity contribution is 7.38. The minimum Gasteiger partial charge on any atom is -0.389 e. The molecule has 0 radical (unpaired) electrons. The number of aliphatic hydroxyl groups is 2. The molecule has 0 aromatic heterocycles. The highest BCUT2D eigenvalue weighted by Gasteiger charge is 2.23. The Labute approximate surface area is 41.3 Å². The van der Waals surface area contributed by atoms with Gasteiger partial charge in [0.05, 0.1) is 0 Å². The molecule has 3 N–H and O–H groups in total. The Hall–Kier alpha value is -0.0200. The van der Waals surface area contributed by atoms with Gasteiger partial charge in [-0.3, -0.25) is 0 Å². The first-order valence-electron chi connectivity index (χ1n) is 1.62. The lowest BCUT2D eigenvalue weighted by Crippen LogP contribution is -2.04. The molecule has 7 heavy (non-hydrogen) atoms. The summed E-state index contributed by atoms with van der Waals surface area (Å²) < 4.78 is 9.67. The van der Waals surface area contributed by atoms with E-state index in [1.165, 1.54) is 0 Å². The number of rotatable bonds is 2. The molecule has 0 aromatic rings. The highest BCUT2D eigenvalue weighted by atomic mass is 31.1. The number of hydrogen-bond donors (Lipinski definition) is 3. The molecule has 0 aromatic carbocycles. The molecule has 4 nitrogen and oxygen atoms in total. The summed E-state index contributed by atoms with van der Waals surface area (Å²) in [6.45, 7) is -0.661. The Morgan fingerprint density at radius 1 is 1.71 bits per heavy atom. The average Bonchev–Trinajstić information content (AvgIpc) is 1.65. The molecule has 42 valence electrons. The van der Waals surface area contributed by atoms with Gasteiger partial charge in [0.1, 0.15) is 6.61 Å². The molecule has 0 saturated heterocycles. The molecule has 5 heteroatoms.